The zero-order valence-corrected chi connectivity index (χ0v) is 68.5. The Morgan fingerprint density at radius 1 is 0.269 bits per heavy atom. The van der Waals surface area contributed by atoms with Gasteiger partial charge < -0.3 is 33.8 Å². The number of aliphatic hydroxyl groups is 1. The predicted octanol–water partition coefficient (Wildman–Crippen LogP) is 24.1. The van der Waals surface area contributed by atoms with Gasteiger partial charge in [-0.3, -0.25) is 37.3 Å². The van der Waals surface area contributed by atoms with Crippen LogP contribution in [0.15, 0.2) is 194 Å². The van der Waals surface area contributed by atoms with Gasteiger partial charge in [0.25, 0.3) is 0 Å². The van der Waals surface area contributed by atoms with Crippen LogP contribution in [0.2, 0.25) is 0 Å². The molecule has 0 saturated carbocycles. The van der Waals surface area contributed by atoms with Crippen LogP contribution in [0.1, 0.15) is 285 Å². The van der Waals surface area contributed by atoms with Crippen molar-refractivity contribution in [2.24, 2.45) is 0 Å². The second-order valence-corrected chi connectivity index (χ2v) is 29.1. The minimum Gasteiger partial charge on any atom is -0.462 e. The Labute approximate surface area is 653 Å². The summed E-state index contributed by atoms with van der Waals surface area (Å²) in [6.07, 6.45) is 97.1. The van der Waals surface area contributed by atoms with E-state index in [2.05, 4.69) is 204 Å². The van der Waals surface area contributed by atoms with E-state index in [1.807, 2.05) is 18.2 Å². The highest BCUT2D eigenvalue weighted by molar-refractivity contribution is 7.47. The number of unbranched alkanes of at least 4 members (excludes halogenated alkanes) is 16. The molecular formula is C89H142O17P2. The van der Waals surface area contributed by atoms with Crippen LogP contribution in [-0.2, 0) is 65.4 Å². The molecule has 0 saturated heterocycles. The van der Waals surface area contributed by atoms with E-state index in [0.29, 0.717) is 32.1 Å². The van der Waals surface area contributed by atoms with Crippen LogP contribution in [0.4, 0.5) is 0 Å². The van der Waals surface area contributed by atoms with E-state index in [-0.39, 0.29) is 25.7 Å². The van der Waals surface area contributed by atoms with Crippen LogP contribution in [0.25, 0.3) is 0 Å². The first kappa shape index (κ1) is 102. The Kier molecular flexibility index (Phi) is 74.5. The Morgan fingerprint density at radius 2 is 0.500 bits per heavy atom. The van der Waals surface area contributed by atoms with Crippen molar-refractivity contribution in [3.05, 3.63) is 194 Å². The van der Waals surface area contributed by atoms with Gasteiger partial charge in [0.05, 0.1) is 26.4 Å². The summed E-state index contributed by atoms with van der Waals surface area (Å²) in [5, 5.41) is 10.7. The molecule has 5 unspecified atom stereocenters. The SMILES string of the molecule is CC/C=C\C/C=C\C/C=C\C/C=C\C/C=C\C/C=C\CCC(=O)OCC(COP(=O)(O)OCC(O)COP(=O)(O)OCC(COC(=O)CCCCC/C=C\C/C=C\C/C=C\C/C=C\C/C=C\CC)OC(=O)CCCCCC/C=C\C/C=C\C/C=C\C/C=C\CC)OC(=O)CCCCCCC/C=C\CCCCCC. The molecular weight excluding hydrogens is 1400 g/mol. The summed E-state index contributed by atoms with van der Waals surface area (Å²) in [5.74, 6) is -2.36. The van der Waals surface area contributed by atoms with Gasteiger partial charge in [-0.05, 0) is 173 Å². The number of phosphoric acid groups is 2. The molecule has 0 aliphatic carbocycles. The normalized spacial score (nSPS) is 14.8. The maximum Gasteiger partial charge on any atom is 0.472 e. The summed E-state index contributed by atoms with van der Waals surface area (Å²) in [5.41, 5.74) is 0. The lowest BCUT2D eigenvalue weighted by Gasteiger charge is -2.21. The smallest absolute Gasteiger partial charge is 0.462 e. The van der Waals surface area contributed by atoms with Crippen molar-refractivity contribution in [3.8, 4) is 0 Å². The van der Waals surface area contributed by atoms with Crippen LogP contribution in [0, 0.1) is 0 Å². The highest BCUT2D eigenvalue weighted by Crippen LogP contribution is 2.45. The number of carbonyl (C=O) groups excluding carboxylic acids is 4. The molecule has 17 nitrogen and oxygen atoms in total. The number of hydrogen-bond donors (Lipinski definition) is 3. The second-order valence-electron chi connectivity index (χ2n) is 26.2. The van der Waals surface area contributed by atoms with Gasteiger partial charge in [-0.1, -0.05) is 280 Å². The Morgan fingerprint density at radius 3 is 0.815 bits per heavy atom. The van der Waals surface area contributed by atoms with Gasteiger partial charge in [-0.2, -0.15) is 0 Å². The molecule has 19 heteroatoms. The molecule has 3 N–H and O–H groups in total. The van der Waals surface area contributed by atoms with E-state index < -0.39 is 97.5 Å². The number of phosphoric ester groups is 2. The highest BCUT2D eigenvalue weighted by Gasteiger charge is 2.30. The molecule has 0 bridgehead atoms. The van der Waals surface area contributed by atoms with Gasteiger partial charge in [0.1, 0.15) is 19.3 Å². The number of carbonyl (C=O) groups is 4. The molecule has 0 aromatic heterocycles. The van der Waals surface area contributed by atoms with Crippen LogP contribution >= 0.6 is 15.6 Å². The molecule has 0 heterocycles. The maximum atomic E-state index is 13.1. The topological polar surface area (TPSA) is 237 Å². The molecule has 0 amide bonds. The van der Waals surface area contributed by atoms with Gasteiger partial charge in [0.15, 0.2) is 12.2 Å². The Balaban J connectivity index is 5.50. The van der Waals surface area contributed by atoms with Crippen LogP contribution in [0.3, 0.4) is 0 Å². The zero-order valence-electron chi connectivity index (χ0n) is 66.7. The number of aliphatic hydroxyl groups excluding tert-OH is 1. The average molecular weight is 1550 g/mol. The van der Waals surface area contributed by atoms with Crippen molar-refractivity contribution in [1.82, 2.24) is 0 Å². The van der Waals surface area contributed by atoms with E-state index >= 15 is 0 Å². The van der Waals surface area contributed by atoms with Crippen molar-refractivity contribution >= 4 is 39.5 Å². The third kappa shape index (κ3) is 78.0. The maximum absolute atomic E-state index is 13.1. The van der Waals surface area contributed by atoms with Crippen LogP contribution in [-0.4, -0.2) is 96.7 Å². The predicted molar refractivity (Wildman–Crippen MR) is 445 cm³/mol. The summed E-state index contributed by atoms with van der Waals surface area (Å²) < 4.78 is 68.5. The van der Waals surface area contributed by atoms with E-state index in [1.165, 1.54) is 25.7 Å². The van der Waals surface area contributed by atoms with E-state index in [4.69, 9.17) is 37.0 Å². The van der Waals surface area contributed by atoms with Crippen LogP contribution in [0.5, 0.6) is 0 Å². The van der Waals surface area contributed by atoms with Gasteiger partial charge in [0.2, 0.25) is 0 Å². The van der Waals surface area contributed by atoms with Gasteiger partial charge in [-0.15, -0.1) is 0 Å². The molecule has 0 fully saturated rings. The Bertz CT molecular complexity index is 2810. The van der Waals surface area contributed by atoms with Crippen molar-refractivity contribution in [3.63, 3.8) is 0 Å². The number of rotatable bonds is 74. The number of esters is 4. The first-order valence-electron chi connectivity index (χ1n) is 40.7. The molecule has 0 aromatic carbocycles. The molecule has 0 rings (SSSR count). The van der Waals surface area contributed by atoms with Crippen molar-refractivity contribution in [2.45, 2.75) is 303 Å². The fraction of sp³-hybridized carbons (Fsp3) is 0.596. The number of allylic oxidation sites excluding steroid dienone is 32. The van der Waals surface area contributed by atoms with E-state index in [0.717, 1.165) is 173 Å². The molecule has 0 radical (unpaired) electrons. The molecule has 5 atom stereocenters. The highest BCUT2D eigenvalue weighted by atomic mass is 31.2. The summed E-state index contributed by atoms with van der Waals surface area (Å²) in [6, 6.07) is 0. The minimum absolute atomic E-state index is 0.0270. The largest absolute Gasteiger partial charge is 0.472 e. The quantitative estimate of drug-likeness (QED) is 0.0169. The van der Waals surface area contributed by atoms with Crippen molar-refractivity contribution in [2.75, 3.05) is 39.6 Å². The third-order valence-electron chi connectivity index (χ3n) is 16.0. The fourth-order valence-electron chi connectivity index (χ4n) is 9.96. The van der Waals surface area contributed by atoms with E-state index in [9.17, 15) is 43.2 Å². The van der Waals surface area contributed by atoms with Crippen molar-refractivity contribution in [1.29, 1.82) is 0 Å². The minimum atomic E-state index is -5.01. The molecule has 0 spiro atoms. The second kappa shape index (κ2) is 79.0. The molecule has 108 heavy (non-hydrogen) atoms. The van der Waals surface area contributed by atoms with Gasteiger partial charge in [-0.25, -0.2) is 9.13 Å². The molecule has 0 aliphatic rings. The standard InChI is InChI=1S/C89H142O17P2/c1-5-9-13-17-21-25-29-33-36-39-41-44-46-50-53-57-61-65-69-73-86(91)99-79-84(105-88(93)75-71-67-63-59-55-49-32-28-24-20-16-12-8-4)81-103-107(95,96)101-77-83(90)78-102-108(97,98)104-82-85(106-89(94)76-72-68-64-60-56-52-48-43-38-35-31-27-23-19-15-11-7-3)80-100-87(92)74-70-66-62-58-54-51-47-45-42-40-37-34-30-26-22-18-14-10-6-2/h9-11,13-15,21-23,25-28,32-38,41-42,44-45,48,50-54,61,65,83-85,90H,5-8,12,16-20,24,29-31,39-40,43,46-47,49,55-60,62-64,66-82H2,1-4H3,(H,95,96)(H,97,98)/b13-9-,14-10-,15-11-,25-21-,26-22-,27-23-,32-28-,36-33-,37-34-,38-35-,44-41-,45-42-,52-48-,53-50-,54-51-,65-61-. The third-order valence-corrected chi connectivity index (χ3v) is 17.9. The lowest BCUT2D eigenvalue weighted by Crippen LogP contribution is -2.30. The molecule has 0 aromatic rings. The summed E-state index contributed by atoms with van der Waals surface area (Å²) >= 11 is 0. The molecule has 0 aliphatic heterocycles. The lowest BCUT2D eigenvalue weighted by atomic mass is 10.1. The average Bonchev–Trinajstić information content (AvgIpc) is 0.916. The van der Waals surface area contributed by atoms with Crippen molar-refractivity contribution < 1.29 is 80.2 Å². The summed E-state index contributed by atoms with van der Waals surface area (Å²) in [6.45, 7) is 4.33. The lowest BCUT2D eigenvalue weighted by molar-refractivity contribution is -0.161. The van der Waals surface area contributed by atoms with Gasteiger partial charge in [0, 0.05) is 25.7 Å². The molecule has 610 valence electrons. The first-order valence-corrected chi connectivity index (χ1v) is 43.7. The Hall–Kier alpha value is -6.10. The van der Waals surface area contributed by atoms with Gasteiger partial charge >= 0.3 is 39.5 Å². The number of hydrogen-bond acceptors (Lipinski definition) is 15. The first-order chi connectivity index (χ1) is 52.7. The number of ether oxygens (including phenoxy) is 4. The monoisotopic (exact) mass is 1540 g/mol. The van der Waals surface area contributed by atoms with Crippen LogP contribution < -0.4 is 0 Å². The zero-order chi connectivity index (χ0) is 78.9. The summed E-state index contributed by atoms with van der Waals surface area (Å²) in [4.78, 5) is 73.1. The van der Waals surface area contributed by atoms with E-state index in [1.54, 1.807) is 0 Å². The fourth-order valence-corrected chi connectivity index (χ4v) is 11.5. The summed E-state index contributed by atoms with van der Waals surface area (Å²) in [7, 11) is -10.0.